The quantitative estimate of drug-likeness (QED) is 0.513. The first kappa shape index (κ1) is 21.7. The highest BCUT2D eigenvalue weighted by molar-refractivity contribution is 5.67. The number of hydrogen-bond acceptors (Lipinski definition) is 8. The smallest absolute Gasteiger partial charge is 0.303 e. The van der Waals surface area contributed by atoms with Crippen LogP contribution in [0.2, 0.25) is 0 Å². The highest BCUT2D eigenvalue weighted by Crippen LogP contribution is 2.27. The second-order valence-corrected chi connectivity index (χ2v) is 6.58. The SMILES string of the molecule is CC(=O)OCCc1ccc(O[C@H]2C[C@@H](OC(C)=O)C(OC(C)=O)C(C)O2)cc1. The molecule has 1 aromatic rings. The minimum atomic E-state index is -0.690. The second kappa shape index (κ2) is 10.1. The summed E-state index contributed by atoms with van der Waals surface area (Å²) in [5.41, 5.74) is 0.999. The van der Waals surface area contributed by atoms with Crippen LogP contribution in [0.1, 0.15) is 39.7 Å². The predicted octanol–water partition coefficient (Wildman–Crippen LogP) is 2.17. The number of hydrogen-bond donors (Lipinski definition) is 0. The Labute approximate surface area is 164 Å². The van der Waals surface area contributed by atoms with Gasteiger partial charge in [-0.3, -0.25) is 14.4 Å². The van der Waals surface area contributed by atoms with E-state index in [9.17, 15) is 14.4 Å². The van der Waals surface area contributed by atoms with Gasteiger partial charge in [-0.25, -0.2) is 0 Å². The summed E-state index contributed by atoms with van der Waals surface area (Å²) < 4.78 is 27.1. The lowest BCUT2D eigenvalue weighted by Crippen LogP contribution is -2.52. The monoisotopic (exact) mass is 394 g/mol. The van der Waals surface area contributed by atoms with E-state index in [0.717, 1.165) is 5.56 Å². The van der Waals surface area contributed by atoms with Crippen molar-refractivity contribution in [3.63, 3.8) is 0 Å². The van der Waals surface area contributed by atoms with Crippen molar-refractivity contribution >= 4 is 17.9 Å². The van der Waals surface area contributed by atoms with Crippen molar-refractivity contribution in [1.82, 2.24) is 0 Å². The zero-order valence-electron chi connectivity index (χ0n) is 16.5. The predicted molar refractivity (Wildman–Crippen MR) is 97.5 cm³/mol. The lowest BCUT2D eigenvalue weighted by atomic mass is 10.0. The summed E-state index contributed by atoms with van der Waals surface area (Å²) in [7, 11) is 0. The van der Waals surface area contributed by atoms with Crippen LogP contribution in [0.4, 0.5) is 0 Å². The summed E-state index contributed by atoms with van der Waals surface area (Å²) in [5.74, 6) is -0.660. The van der Waals surface area contributed by atoms with Gasteiger partial charge >= 0.3 is 17.9 Å². The van der Waals surface area contributed by atoms with E-state index in [1.165, 1.54) is 20.8 Å². The van der Waals surface area contributed by atoms with E-state index in [2.05, 4.69) is 0 Å². The summed E-state index contributed by atoms with van der Waals surface area (Å²) in [4.78, 5) is 33.5. The fourth-order valence-corrected chi connectivity index (χ4v) is 2.97. The van der Waals surface area contributed by atoms with Gasteiger partial charge in [0.1, 0.15) is 11.9 Å². The molecule has 0 aliphatic carbocycles. The Balaban J connectivity index is 1.96. The number of ether oxygens (including phenoxy) is 5. The maximum Gasteiger partial charge on any atom is 0.303 e. The maximum absolute atomic E-state index is 11.4. The first-order valence-corrected chi connectivity index (χ1v) is 9.13. The van der Waals surface area contributed by atoms with E-state index in [1.54, 1.807) is 19.1 Å². The molecule has 1 saturated heterocycles. The molecular weight excluding hydrogens is 368 g/mol. The summed E-state index contributed by atoms with van der Waals surface area (Å²) in [6.45, 7) is 6.02. The lowest BCUT2D eigenvalue weighted by Gasteiger charge is -2.38. The Morgan fingerprint density at radius 1 is 1.00 bits per heavy atom. The minimum Gasteiger partial charge on any atom is -0.466 e. The average Bonchev–Trinajstić information content (AvgIpc) is 2.58. The third-order valence-corrected chi connectivity index (χ3v) is 4.13. The second-order valence-electron chi connectivity index (χ2n) is 6.58. The molecule has 0 saturated carbocycles. The molecule has 0 amide bonds. The standard InChI is InChI=1S/C20H26O8/c1-12-20(27-15(4)23)18(26-14(3)22)11-19(25-12)28-17-7-5-16(6-8-17)9-10-24-13(2)21/h5-8,12,18-20H,9-11H2,1-4H3/t12?,18-,19+,20?/m1/s1. The molecule has 2 unspecified atom stereocenters. The zero-order chi connectivity index (χ0) is 20.7. The fourth-order valence-electron chi connectivity index (χ4n) is 2.97. The van der Waals surface area contributed by atoms with Crippen LogP contribution >= 0.6 is 0 Å². The Kier molecular flexibility index (Phi) is 7.80. The molecule has 0 spiro atoms. The molecule has 1 heterocycles. The molecule has 8 heteroatoms. The largest absolute Gasteiger partial charge is 0.466 e. The van der Waals surface area contributed by atoms with Crippen LogP contribution in [0.15, 0.2) is 24.3 Å². The van der Waals surface area contributed by atoms with Gasteiger partial charge in [0, 0.05) is 27.2 Å². The number of rotatable bonds is 7. The van der Waals surface area contributed by atoms with Crippen LogP contribution in [0.5, 0.6) is 5.75 Å². The van der Waals surface area contributed by atoms with Crippen LogP contribution in [0, 0.1) is 0 Å². The normalized spacial score (nSPS) is 24.1. The van der Waals surface area contributed by atoms with Gasteiger partial charge < -0.3 is 23.7 Å². The molecular formula is C20H26O8. The number of carbonyl (C=O) groups excluding carboxylic acids is 3. The van der Waals surface area contributed by atoms with Crippen molar-refractivity contribution in [3.8, 4) is 5.75 Å². The summed E-state index contributed by atoms with van der Waals surface area (Å²) in [6.07, 6.45) is -1.66. The van der Waals surface area contributed by atoms with Gasteiger partial charge in [-0.2, -0.15) is 0 Å². The number of benzene rings is 1. The molecule has 8 nitrogen and oxygen atoms in total. The molecule has 1 aliphatic rings. The fraction of sp³-hybridized carbons (Fsp3) is 0.550. The van der Waals surface area contributed by atoms with Crippen molar-refractivity contribution < 1.29 is 38.1 Å². The van der Waals surface area contributed by atoms with E-state index in [-0.39, 0.29) is 12.4 Å². The summed E-state index contributed by atoms with van der Waals surface area (Å²) in [5, 5.41) is 0. The molecule has 28 heavy (non-hydrogen) atoms. The van der Waals surface area contributed by atoms with Crippen LogP contribution in [0.3, 0.4) is 0 Å². The molecule has 1 fully saturated rings. The van der Waals surface area contributed by atoms with Gasteiger partial charge in [0.05, 0.1) is 19.1 Å². The molecule has 1 aliphatic heterocycles. The van der Waals surface area contributed by atoms with Crippen molar-refractivity contribution in [1.29, 1.82) is 0 Å². The van der Waals surface area contributed by atoms with Crippen LogP contribution < -0.4 is 4.74 Å². The minimum absolute atomic E-state index is 0.232. The van der Waals surface area contributed by atoms with E-state index >= 15 is 0 Å². The van der Waals surface area contributed by atoms with Gasteiger partial charge in [0.25, 0.3) is 0 Å². The summed E-state index contributed by atoms with van der Waals surface area (Å²) >= 11 is 0. The van der Waals surface area contributed by atoms with Crippen LogP contribution in [-0.2, 0) is 39.8 Å². The van der Waals surface area contributed by atoms with Crippen LogP contribution in [-0.4, -0.2) is 49.1 Å². The molecule has 2 rings (SSSR count). The Bertz CT molecular complexity index is 684. The maximum atomic E-state index is 11.4. The van der Waals surface area contributed by atoms with E-state index in [1.807, 2.05) is 12.1 Å². The van der Waals surface area contributed by atoms with E-state index in [0.29, 0.717) is 18.8 Å². The molecule has 0 aromatic heterocycles. The van der Waals surface area contributed by atoms with Crippen molar-refractivity contribution in [2.75, 3.05) is 6.61 Å². The zero-order valence-corrected chi connectivity index (χ0v) is 16.5. The van der Waals surface area contributed by atoms with Gasteiger partial charge in [-0.15, -0.1) is 0 Å². The Morgan fingerprint density at radius 2 is 1.64 bits per heavy atom. The third kappa shape index (κ3) is 6.84. The topological polar surface area (TPSA) is 97.4 Å². The average molecular weight is 394 g/mol. The third-order valence-electron chi connectivity index (χ3n) is 4.13. The van der Waals surface area contributed by atoms with E-state index in [4.69, 9.17) is 23.7 Å². The van der Waals surface area contributed by atoms with Gasteiger partial charge in [0.2, 0.25) is 6.29 Å². The Hall–Kier alpha value is -2.61. The lowest BCUT2D eigenvalue weighted by molar-refractivity contribution is -0.233. The number of esters is 3. The molecule has 0 N–H and O–H groups in total. The van der Waals surface area contributed by atoms with Gasteiger partial charge in [-0.1, -0.05) is 12.1 Å². The van der Waals surface area contributed by atoms with Crippen LogP contribution in [0.25, 0.3) is 0 Å². The number of carbonyl (C=O) groups is 3. The molecule has 0 radical (unpaired) electrons. The first-order valence-electron chi connectivity index (χ1n) is 9.13. The summed E-state index contributed by atoms with van der Waals surface area (Å²) in [6, 6.07) is 7.32. The highest BCUT2D eigenvalue weighted by atomic mass is 16.7. The molecule has 154 valence electrons. The van der Waals surface area contributed by atoms with Gasteiger partial charge in [0.15, 0.2) is 6.10 Å². The highest BCUT2D eigenvalue weighted by Gasteiger charge is 2.41. The molecule has 1 aromatic carbocycles. The van der Waals surface area contributed by atoms with Crippen molar-refractivity contribution in [3.05, 3.63) is 29.8 Å². The first-order chi connectivity index (χ1) is 13.2. The molecule has 4 atom stereocenters. The van der Waals surface area contributed by atoms with E-state index < -0.39 is 36.5 Å². The van der Waals surface area contributed by atoms with Crippen molar-refractivity contribution in [2.24, 2.45) is 0 Å². The Morgan fingerprint density at radius 3 is 2.21 bits per heavy atom. The van der Waals surface area contributed by atoms with Crippen molar-refractivity contribution in [2.45, 2.75) is 65.1 Å². The van der Waals surface area contributed by atoms with Gasteiger partial charge in [-0.05, 0) is 24.6 Å². The molecule has 0 bridgehead atoms.